The smallest absolute Gasteiger partial charge is 0.119 e. The molecule has 0 amide bonds. The van der Waals surface area contributed by atoms with Gasteiger partial charge in [-0.3, -0.25) is 0 Å². The number of nitrogens with zero attached hydrogens (tertiary/aromatic N) is 2. The van der Waals surface area contributed by atoms with Gasteiger partial charge in [0.15, 0.2) is 0 Å². The van der Waals surface area contributed by atoms with Crippen LogP contribution in [-0.4, -0.2) is 25.3 Å². The van der Waals surface area contributed by atoms with Crippen molar-refractivity contribution in [1.82, 2.24) is 5.01 Å². The summed E-state index contributed by atoms with van der Waals surface area (Å²) < 4.78 is 5.76. The summed E-state index contributed by atoms with van der Waals surface area (Å²) in [6.45, 7) is 0.541. The zero-order valence-corrected chi connectivity index (χ0v) is 11.3. The van der Waals surface area contributed by atoms with Gasteiger partial charge in [0, 0.05) is 19.7 Å². The van der Waals surface area contributed by atoms with Crippen LogP contribution < -0.4 is 4.74 Å². The molecule has 0 saturated carbocycles. The molecule has 0 N–H and O–H groups in total. The van der Waals surface area contributed by atoms with Crippen LogP contribution in [0.15, 0.2) is 59.7 Å². The highest BCUT2D eigenvalue weighted by atomic mass is 16.5. The maximum absolute atomic E-state index is 5.76. The third-order valence-corrected chi connectivity index (χ3v) is 2.62. The number of para-hydroxylation sites is 1. The molecule has 0 unspecified atom stereocenters. The molecule has 0 aliphatic rings. The predicted octanol–water partition coefficient (Wildman–Crippen LogP) is 3.16. The van der Waals surface area contributed by atoms with E-state index in [1.165, 1.54) is 0 Å². The molecule has 3 nitrogen and oxygen atoms in total. The predicted molar refractivity (Wildman–Crippen MR) is 78.5 cm³/mol. The number of rotatable bonds is 5. The third-order valence-electron chi connectivity index (χ3n) is 2.62. The van der Waals surface area contributed by atoms with Crippen LogP contribution in [0.4, 0.5) is 0 Å². The Morgan fingerprint density at radius 1 is 1.00 bits per heavy atom. The highest BCUT2D eigenvalue weighted by Crippen LogP contribution is 2.13. The summed E-state index contributed by atoms with van der Waals surface area (Å²) in [7, 11) is 3.80. The van der Waals surface area contributed by atoms with Gasteiger partial charge in [0.1, 0.15) is 12.4 Å². The number of ether oxygens (including phenoxy) is 1. The van der Waals surface area contributed by atoms with Gasteiger partial charge in [-0.15, -0.1) is 0 Å². The highest BCUT2D eigenvalue weighted by Gasteiger charge is 2.00. The van der Waals surface area contributed by atoms with Crippen LogP contribution in [0.3, 0.4) is 0 Å². The second-order valence-electron chi connectivity index (χ2n) is 4.39. The van der Waals surface area contributed by atoms with Crippen LogP contribution >= 0.6 is 0 Å². The molecule has 0 bridgehead atoms. The largest absolute Gasteiger partial charge is 0.489 e. The average molecular weight is 254 g/mol. The molecule has 2 aromatic rings. The van der Waals surface area contributed by atoms with E-state index in [9.17, 15) is 0 Å². The maximum Gasteiger partial charge on any atom is 0.119 e. The molecular weight excluding hydrogens is 236 g/mol. The van der Waals surface area contributed by atoms with E-state index in [0.29, 0.717) is 6.61 Å². The summed E-state index contributed by atoms with van der Waals surface area (Å²) in [4.78, 5) is 0. The van der Waals surface area contributed by atoms with E-state index < -0.39 is 0 Å². The summed E-state index contributed by atoms with van der Waals surface area (Å²) in [6.07, 6.45) is 1.85. The first-order chi connectivity index (χ1) is 9.25. The van der Waals surface area contributed by atoms with Gasteiger partial charge in [-0.1, -0.05) is 42.5 Å². The standard InChI is InChI=1S/C16H18N2O/c1-18(2)17-12-14-8-6-7-9-15(14)13-19-16-10-4-3-5-11-16/h3-12H,13H2,1-2H3/b17-12+. The van der Waals surface area contributed by atoms with Gasteiger partial charge < -0.3 is 9.75 Å². The zero-order valence-electron chi connectivity index (χ0n) is 11.3. The van der Waals surface area contributed by atoms with Crippen LogP contribution in [0.5, 0.6) is 5.75 Å². The Hall–Kier alpha value is -2.29. The van der Waals surface area contributed by atoms with Crippen LogP contribution in [0.1, 0.15) is 11.1 Å². The quantitative estimate of drug-likeness (QED) is 0.605. The molecule has 0 aliphatic heterocycles. The summed E-state index contributed by atoms with van der Waals surface area (Å²) >= 11 is 0. The van der Waals surface area contributed by atoms with Crippen molar-refractivity contribution in [3.63, 3.8) is 0 Å². The lowest BCUT2D eigenvalue weighted by Crippen LogP contribution is -2.04. The molecule has 2 aromatic carbocycles. The molecule has 0 fully saturated rings. The normalized spacial score (nSPS) is 10.6. The van der Waals surface area contributed by atoms with Gasteiger partial charge in [-0.25, -0.2) is 0 Å². The first-order valence-corrected chi connectivity index (χ1v) is 6.23. The lowest BCUT2D eigenvalue weighted by atomic mass is 10.1. The molecule has 0 aliphatic carbocycles. The molecule has 0 spiro atoms. The Bertz CT molecular complexity index is 535. The molecule has 0 atom stereocenters. The van der Waals surface area contributed by atoms with Crippen molar-refractivity contribution in [1.29, 1.82) is 0 Å². The van der Waals surface area contributed by atoms with Crippen molar-refractivity contribution in [3.8, 4) is 5.75 Å². The van der Waals surface area contributed by atoms with Gasteiger partial charge in [0.25, 0.3) is 0 Å². The lowest BCUT2D eigenvalue weighted by Gasteiger charge is -2.09. The summed E-state index contributed by atoms with van der Waals surface area (Å²) in [5.41, 5.74) is 2.20. The second kappa shape index (κ2) is 6.59. The van der Waals surface area contributed by atoms with Gasteiger partial charge in [-0.05, 0) is 17.7 Å². The summed E-state index contributed by atoms with van der Waals surface area (Å²) in [6, 6.07) is 17.9. The molecule has 19 heavy (non-hydrogen) atoms. The fourth-order valence-electron chi connectivity index (χ4n) is 1.65. The Kier molecular flexibility index (Phi) is 4.56. The van der Waals surface area contributed by atoms with E-state index in [1.54, 1.807) is 5.01 Å². The molecule has 0 saturated heterocycles. The van der Waals surface area contributed by atoms with Crippen LogP contribution in [0.25, 0.3) is 0 Å². The SMILES string of the molecule is CN(C)/N=C/c1ccccc1COc1ccccc1. The first-order valence-electron chi connectivity index (χ1n) is 6.23. The van der Waals surface area contributed by atoms with Crippen molar-refractivity contribution in [2.45, 2.75) is 6.61 Å². The summed E-state index contributed by atoms with van der Waals surface area (Å²) in [5, 5.41) is 6.04. The molecular formula is C16H18N2O. The van der Waals surface area contributed by atoms with E-state index in [2.05, 4.69) is 11.2 Å². The van der Waals surface area contributed by atoms with Crippen molar-refractivity contribution in [3.05, 3.63) is 65.7 Å². The minimum atomic E-state index is 0.541. The van der Waals surface area contributed by atoms with Crippen LogP contribution in [0, 0.1) is 0 Å². The monoisotopic (exact) mass is 254 g/mol. The van der Waals surface area contributed by atoms with Crippen molar-refractivity contribution >= 4 is 6.21 Å². The van der Waals surface area contributed by atoms with E-state index in [1.807, 2.05) is 68.8 Å². The first kappa shape index (κ1) is 13.1. The minimum absolute atomic E-state index is 0.541. The Morgan fingerprint density at radius 3 is 2.42 bits per heavy atom. The van der Waals surface area contributed by atoms with E-state index >= 15 is 0 Å². The molecule has 3 heteroatoms. The van der Waals surface area contributed by atoms with Gasteiger partial charge in [0.2, 0.25) is 0 Å². The molecule has 0 aromatic heterocycles. The Morgan fingerprint density at radius 2 is 1.68 bits per heavy atom. The highest BCUT2D eigenvalue weighted by molar-refractivity contribution is 5.81. The van der Waals surface area contributed by atoms with E-state index in [0.717, 1.165) is 16.9 Å². The fraction of sp³-hybridized carbons (Fsp3) is 0.188. The Balaban J connectivity index is 2.08. The number of hydrazone groups is 1. The third kappa shape index (κ3) is 4.14. The number of hydrogen-bond acceptors (Lipinski definition) is 3. The van der Waals surface area contributed by atoms with Gasteiger partial charge >= 0.3 is 0 Å². The van der Waals surface area contributed by atoms with Crippen molar-refractivity contribution in [2.24, 2.45) is 5.10 Å². The zero-order chi connectivity index (χ0) is 13.5. The van der Waals surface area contributed by atoms with Crippen LogP contribution in [0.2, 0.25) is 0 Å². The van der Waals surface area contributed by atoms with Crippen molar-refractivity contribution in [2.75, 3.05) is 14.1 Å². The number of hydrogen-bond donors (Lipinski definition) is 0. The molecule has 98 valence electrons. The van der Waals surface area contributed by atoms with Crippen molar-refractivity contribution < 1.29 is 4.74 Å². The van der Waals surface area contributed by atoms with Gasteiger partial charge in [0.05, 0.1) is 6.21 Å². The minimum Gasteiger partial charge on any atom is -0.489 e. The maximum atomic E-state index is 5.76. The topological polar surface area (TPSA) is 24.8 Å². The molecule has 2 rings (SSSR count). The average Bonchev–Trinajstić information content (AvgIpc) is 2.45. The van der Waals surface area contributed by atoms with E-state index in [4.69, 9.17) is 4.74 Å². The van der Waals surface area contributed by atoms with E-state index in [-0.39, 0.29) is 0 Å². The van der Waals surface area contributed by atoms with Gasteiger partial charge in [-0.2, -0.15) is 5.10 Å². The summed E-state index contributed by atoms with van der Waals surface area (Å²) in [5.74, 6) is 0.877. The second-order valence-corrected chi connectivity index (χ2v) is 4.39. The fourth-order valence-corrected chi connectivity index (χ4v) is 1.65. The molecule has 0 radical (unpaired) electrons. The Labute approximate surface area is 114 Å². The lowest BCUT2D eigenvalue weighted by molar-refractivity contribution is 0.306. The molecule has 0 heterocycles. The van der Waals surface area contributed by atoms with Crippen LogP contribution in [-0.2, 0) is 6.61 Å². The number of benzene rings is 2.